The first-order valence-electron chi connectivity index (χ1n) is 9.94. The summed E-state index contributed by atoms with van der Waals surface area (Å²) >= 11 is 0. The summed E-state index contributed by atoms with van der Waals surface area (Å²) in [5, 5.41) is 8.86. The van der Waals surface area contributed by atoms with Gasteiger partial charge in [0.25, 0.3) is 0 Å². The molecular formula is C22H31N3O. The van der Waals surface area contributed by atoms with E-state index in [0.29, 0.717) is 31.2 Å². The molecule has 0 bridgehead atoms. The highest BCUT2D eigenvalue weighted by Crippen LogP contribution is 2.37. The maximum absolute atomic E-state index is 12.4. The lowest BCUT2D eigenvalue weighted by Crippen LogP contribution is -2.10. The minimum Gasteiger partial charge on any atom is -0.312 e. The summed E-state index contributed by atoms with van der Waals surface area (Å²) in [5.41, 5.74) is 3.63. The first kappa shape index (κ1) is 18.8. The molecule has 4 nitrogen and oxygen atoms in total. The largest absolute Gasteiger partial charge is 0.312 e. The third-order valence-electron chi connectivity index (χ3n) is 5.29. The highest BCUT2D eigenvalue weighted by Gasteiger charge is 2.29. The van der Waals surface area contributed by atoms with Gasteiger partial charge in [-0.3, -0.25) is 4.79 Å². The summed E-state index contributed by atoms with van der Waals surface area (Å²) < 4.78 is 2.33. The molecule has 1 saturated carbocycles. The van der Waals surface area contributed by atoms with Crippen molar-refractivity contribution in [2.45, 2.75) is 78.7 Å². The smallest absolute Gasteiger partial charge is 0.137 e. The SMILES string of the molecule is Cc1ccc(CC(=O)CCc2nnc(CCC(C)C)n2C2CC2)cc1C. The molecule has 1 aromatic carbocycles. The van der Waals surface area contributed by atoms with Gasteiger partial charge in [0.05, 0.1) is 0 Å². The first-order chi connectivity index (χ1) is 12.4. The number of benzene rings is 1. The Morgan fingerprint density at radius 3 is 2.42 bits per heavy atom. The van der Waals surface area contributed by atoms with Gasteiger partial charge in [0.2, 0.25) is 0 Å². The van der Waals surface area contributed by atoms with Crippen LogP contribution in [0.15, 0.2) is 18.2 Å². The molecule has 2 aromatic rings. The standard InChI is InChI=1S/C22H31N3O/c1-15(2)5-11-21-23-24-22(25(21)19-8-9-19)12-10-20(26)14-18-7-6-16(3)17(4)13-18/h6-7,13,15,19H,5,8-12,14H2,1-4H3. The van der Waals surface area contributed by atoms with Crippen LogP contribution in [0, 0.1) is 19.8 Å². The van der Waals surface area contributed by atoms with E-state index in [1.54, 1.807) is 0 Å². The predicted molar refractivity (Wildman–Crippen MR) is 104 cm³/mol. The van der Waals surface area contributed by atoms with Gasteiger partial charge in [-0.25, -0.2) is 0 Å². The molecule has 0 amide bonds. The molecule has 1 aliphatic rings. The van der Waals surface area contributed by atoms with E-state index in [9.17, 15) is 4.79 Å². The minimum absolute atomic E-state index is 0.280. The number of hydrogen-bond acceptors (Lipinski definition) is 3. The molecule has 0 saturated heterocycles. The number of aromatic nitrogens is 3. The zero-order chi connectivity index (χ0) is 18.7. The van der Waals surface area contributed by atoms with E-state index in [-0.39, 0.29) is 5.78 Å². The quantitative estimate of drug-likeness (QED) is 0.664. The van der Waals surface area contributed by atoms with Crippen LogP contribution >= 0.6 is 0 Å². The fourth-order valence-corrected chi connectivity index (χ4v) is 3.35. The molecule has 1 aromatic heterocycles. The molecule has 0 aliphatic heterocycles. The summed E-state index contributed by atoms with van der Waals surface area (Å²) in [4.78, 5) is 12.4. The Labute approximate surface area is 157 Å². The Hall–Kier alpha value is -1.97. The Morgan fingerprint density at radius 1 is 1.12 bits per heavy atom. The average molecular weight is 354 g/mol. The predicted octanol–water partition coefficient (Wildman–Crippen LogP) is 4.56. The number of Topliss-reactive ketones (excluding diaryl/α,β-unsaturated/α-hetero) is 1. The summed E-state index contributed by atoms with van der Waals surface area (Å²) in [7, 11) is 0. The van der Waals surface area contributed by atoms with Crippen LogP contribution in [0.3, 0.4) is 0 Å². The molecule has 1 heterocycles. The van der Waals surface area contributed by atoms with Crippen LogP contribution in [0.25, 0.3) is 0 Å². The lowest BCUT2D eigenvalue weighted by atomic mass is 10.0. The van der Waals surface area contributed by atoms with Crippen LogP contribution in [-0.2, 0) is 24.1 Å². The molecule has 0 spiro atoms. The van der Waals surface area contributed by atoms with E-state index in [1.807, 2.05) is 0 Å². The summed E-state index contributed by atoms with van der Waals surface area (Å²) in [6.45, 7) is 8.68. The second kappa shape index (κ2) is 8.15. The van der Waals surface area contributed by atoms with Crippen molar-refractivity contribution < 1.29 is 4.79 Å². The molecule has 1 fully saturated rings. The lowest BCUT2D eigenvalue weighted by Gasteiger charge is -2.10. The molecule has 3 rings (SSSR count). The normalized spacial score (nSPS) is 14.2. The molecule has 0 N–H and O–H groups in total. The summed E-state index contributed by atoms with van der Waals surface area (Å²) in [6, 6.07) is 6.86. The zero-order valence-corrected chi connectivity index (χ0v) is 16.6. The van der Waals surface area contributed by atoms with Crippen LogP contribution in [0.2, 0.25) is 0 Å². The minimum atomic E-state index is 0.280. The van der Waals surface area contributed by atoms with Gasteiger partial charge in [-0.1, -0.05) is 32.0 Å². The van der Waals surface area contributed by atoms with Gasteiger partial charge in [-0.2, -0.15) is 0 Å². The summed E-state index contributed by atoms with van der Waals surface area (Å²) in [5.74, 6) is 3.06. The van der Waals surface area contributed by atoms with Crippen molar-refractivity contribution >= 4 is 5.78 Å². The van der Waals surface area contributed by atoms with Crippen LogP contribution in [0.1, 0.15) is 73.9 Å². The van der Waals surface area contributed by atoms with Gasteiger partial charge < -0.3 is 4.57 Å². The Bertz CT molecular complexity index is 772. The first-order valence-corrected chi connectivity index (χ1v) is 9.94. The number of aryl methyl sites for hydroxylation is 4. The van der Waals surface area contributed by atoms with E-state index in [0.717, 1.165) is 30.1 Å². The molecule has 0 atom stereocenters. The molecular weight excluding hydrogens is 322 g/mol. The van der Waals surface area contributed by atoms with Crippen molar-refractivity contribution in [2.75, 3.05) is 0 Å². The van der Waals surface area contributed by atoms with Crippen molar-refractivity contribution in [3.63, 3.8) is 0 Å². The molecule has 0 radical (unpaired) electrons. The maximum Gasteiger partial charge on any atom is 0.137 e. The highest BCUT2D eigenvalue weighted by molar-refractivity contribution is 5.81. The van der Waals surface area contributed by atoms with Gasteiger partial charge >= 0.3 is 0 Å². The van der Waals surface area contributed by atoms with Gasteiger partial charge in [-0.15, -0.1) is 10.2 Å². The van der Waals surface area contributed by atoms with Gasteiger partial charge in [0.15, 0.2) is 0 Å². The number of carbonyl (C=O) groups excluding carboxylic acids is 1. The Balaban J connectivity index is 1.60. The highest BCUT2D eigenvalue weighted by atomic mass is 16.1. The molecule has 26 heavy (non-hydrogen) atoms. The van der Waals surface area contributed by atoms with E-state index in [1.165, 1.54) is 24.0 Å². The van der Waals surface area contributed by atoms with Crippen molar-refractivity contribution in [1.29, 1.82) is 0 Å². The fraction of sp³-hybridized carbons (Fsp3) is 0.591. The number of hydrogen-bond donors (Lipinski definition) is 0. The monoisotopic (exact) mass is 353 g/mol. The molecule has 0 unspecified atom stereocenters. The van der Waals surface area contributed by atoms with E-state index in [2.05, 4.69) is 60.7 Å². The Kier molecular flexibility index (Phi) is 5.90. The van der Waals surface area contributed by atoms with Crippen LogP contribution < -0.4 is 0 Å². The second-order valence-electron chi connectivity index (χ2n) is 8.20. The fourth-order valence-electron chi connectivity index (χ4n) is 3.35. The maximum atomic E-state index is 12.4. The van der Waals surface area contributed by atoms with E-state index >= 15 is 0 Å². The number of nitrogens with zero attached hydrogens (tertiary/aromatic N) is 3. The van der Waals surface area contributed by atoms with Crippen molar-refractivity contribution in [1.82, 2.24) is 14.8 Å². The van der Waals surface area contributed by atoms with Crippen molar-refractivity contribution in [3.05, 3.63) is 46.5 Å². The Morgan fingerprint density at radius 2 is 1.81 bits per heavy atom. The van der Waals surface area contributed by atoms with Crippen molar-refractivity contribution in [3.8, 4) is 0 Å². The number of rotatable bonds is 9. The van der Waals surface area contributed by atoms with Gasteiger partial charge in [0.1, 0.15) is 17.4 Å². The molecule has 1 aliphatic carbocycles. The van der Waals surface area contributed by atoms with Crippen molar-refractivity contribution in [2.24, 2.45) is 5.92 Å². The van der Waals surface area contributed by atoms with Crippen LogP contribution in [0.4, 0.5) is 0 Å². The lowest BCUT2D eigenvalue weighted by molar-refractivity contribution is -0.118. The van der Waals surface area contributed by atoms with Gasteiger partial charge in [-0.05, 0) is 55.7 Å². The number of carbonyl (C=O) groups is 1. The third-order valence-corrected chi connectivity index (χ3v) is 5.29. The topological polar surface area (TPSA) is 47.8 Å². The molecule has 140 valence electrons. The van der Waals surface area contributed by atoms with Crippen LogP contribution in [-0.4, -0.2) is 20.5 Å². The van der Waals surface area contributed by atoms with E-state index in [4.69, 9.17) is 0 Å². The van der Waals surface area contributed by atoms with E-state index < -0.39 is 0 Å². The second-order valence-corrected chi connectivity index (χ2v) is 8.20. The zero-order valence-electron chi connectivity index (χ0n) is 16.6. The van der Waals surface area contributed by atoms with Gasteiger partial charge in [0, 0.05) is 31.7 Å². The number of ketones is 1. The summed E-state index contributed by atoms with van der Waals surface area (Å²) in [6.07, 6.45) is 6.32. The van der Waals surface area contributed by atoms with Crippen LogP contribution in [0.5, 0.6) is 0 Å². The third kappa shape index (κ3) is 4.80. The average Bonchev–Trinajstić information content (AvgIpc) is 3.34. The molecule has 4 heteroatoms.